The highest BCUT2D eigenvalue weighted by molar-refractivity contribution is 7.07. The van der Waals surface area contributed by atoms with Crippen LogP contribution in [0.25, 0.3) is 0 Å². The lowest BCUT2D eigenvalue weighted by Gasteiger charge is -2.23. The maximum atomic E-state index is 11.3. The van der Waals surface area contributed by atoms with E-state index in [1.165, 1.54) is 50.3 Å². The molecule has 7 aromatic heterocycles. The first kappa shape index (κ1) is 108. The number of H-pyrrole nitrogens is 1. The molecule has 2 aliphatic heterocycles. The van der Waals surface area contributed by atoms with E-state index in [0.717, 1.165) is 34.3 Å². The van der Waals surface area contributed by atoms with Crippen molar-refractivity contribution in [3.05, 3.63) is 263 Å². The van der Waals surface area contributed by atoms with E-state index >= 15 is 0 Å². The number of hydrogen-bond acceptors (Lipinski definition) is 15. The third-order valence-corrected chi connectivity index (χ3v) is 18.1. The molecule has 0 saturated carbocycles. The van der Waals surface area contributed by atoms with Gasteiger partial charge in [-0.3, -0.25) is 34.0 Å². The summed E-state index contributed by atoms with van der Waals surface area (Å²) in [5, 5.41) is 29.5. The van der Waals surface area contributed by atoms with E-state index in [0.29, 0.717) is 24.4 Å². The van der Waals surface area contributed by atoms with Gasteiger partial charge in [-0.1, -0.05) is 233 Å². The number of nitrogen functional groups attached to an aromatic ring is 1. The second kappa shape index (κ2) is 49.0. The molecule has 668 valence electrons. The number of benzene rings is 4. The van der Waals surface area contributed by atoms with Gasteiger partial charge in [-0.2, -0.15) is 15.3 Å². The van der Waals surface area contributed by atoms with Crippen LogP contribution >= 0.6 is 11.3 Å². The molecule has 0 atom stereocenters. The maximum Gasteiger partial charge on any atom is 0.236 e. The van der Waals surface area contributed by atoms with Crippen LogP contribution in [0.2, 0.25) is 0 Å². The molecule has 4 aromatic carbocycles. The molecule has 0 saturated heterocycles. The number of ether oxygens (including phenoxy) is 2. The number of amides is 2. The fraction of sp³-hybridized carbons (Fsp3) is 0.480. The number of hydrogen-bond donors (Lipinski definition) is 6. The number of thiazole rings is 1. The van der Waals surface area contributed by atoms with Gasteiger partial charge in [0.2, 0.25) is 17.7 Å². The van der Waals surface area contributed by atoms with Crippen molar-refractivity contribution in [2.24, 2.45) is 13.0 Å². The Labute approximate surface area is 740 Å². The summed E-state index contributed by atoms with van der Waals surface area (Å²) in [4.78, 5) is 38.6. The minimum atomic E-state index is 0.0641. The van der Waals surface area contributed by atoms with Gasteiger partial charge in [0.15, 0.2) is 0 Å². The van der Waals surface area contributed by atoms with Crippen LogP contribution in [0, 0.1) is 5.92 Å². The number of aromatic nitrogens is 10. The first-order valence-corrected chi connectivity index (χ1v) is 43.1. The number of carbonyl (C=O) groups is 2. The molecule has 7 N–H and O–H groups in total. The number of anilines is 5. The molecule has 0 bridgehead atoms. The maximum absolute atomic E-state index is 11.3. The fourth-order valence-electron chi connectivity index (χ4n) is 10.9. The van der Waals surface area contributed by atoms with Gasteiger partial charge in [0.25, 0.3) is 0 Å². The van der Waals surface area contributed by atoms with Crippen LogP contribution in [0.3, 0.4) is 0 Å². The number of nitrogens with zero attached hydrogens (tertiary/aromatic N) is 9. The molecule has 2 aliphatic rings. The molecule has 122 heavy (non-hydrogen) atoms. The molecule has 0 radical (unpaired) electrons. The number of methoxy groups -OCH3 is 2. The number of pyridine rings is 3. The van der Waals surface area contributed by atoms with Crippen LogP contribution in [0.15, 0.2) is 213 Å². The molecule has 20 heteroatoms. The number of fused-ring (bicyclic) bond motifs is 2. The van der Waals surface area contributed by atoms with Crippen LogP contribution in [-0.2, 0) is 72.9 Å². The van der Waals surface area contributed by atoms with Crippen molar-refractivity contribution < 1.29 is 19.1 Å². The minimum Gasteiger partial charge on any atom is -0.495 e. The normalized spacial score (nSPS) is 12.1. The molecule has 2 amide bonds. The summed E-state index contributed by atoms with van der Waals surface area (Å²) >= 11 is 1.66. The molecule has 13 rings (SSSR count). The Morgan fingerprint density at radius 2 is 1.02 bits per heavy atom. The molecule has 19 nitrogen and oxygen atoms in total. The van der Waals surface area contributed by atoms with Gasteiger partial charge in [-0.05, 0) is 212 Å². The van der Waals surface area contributed by atoms with Crippen molar-refractivity contribution in [1.29, 1.82) is 0 Å². The molecule has 0 aliphatic carbocycles. The highest BCUT2D eigenvalue weighted by atomic mass is 32.1. The molecular weight excluding hydrogens is 1530 g/mol. The zero-order valence-corrected chi connectivity index (χ0v) is 82.2. The summed E-state index contributed by atoms with van der Waals surface area (Å²) in [7, 11) is 5.16. The third kappa shape index (κ3) is 43.8. The zero-order valence-electron chi connectivity index (χ0n) is 81.3. The summed E-state index contributed by atoms with van der Waals surface area (Å²) in [6.07, 6.45) is 21.6. The quantitative estimate of drug-likeness (QED) is 0.0960. The van der Waals surface area contributed by atoms with Gasteiger partial charge < -0.3 is 36.5 Å². The van der Waals surface area contributed by atoms with E-state index in [4.69, 9.17) is 15.2 Å². The highest BCUT2D eigenvalue weighted by Gasteiger charge is 2.28. The van der Waals surface area contributed by atoms with Crippen molar-refractivity contribution in [1.82, 2.24) is 49.7 Å². The molecule has 0 spiro atoms. The van der Waals surface area contributed by atoms with E-state index in [1.54, 1.807) is 56.3 Å². The Morgan fingerprint density at radius 1 is 0.475 bits per heavy atom. The Hall–Kier alpha value is -10.5. The van der Waals surface area contributed by atoms with Crippen molar-refractivity contribution in [3.63, 3.8) is 0 Å². The van der Waals surface area contributed by atoms with Crippen LogP contribution in [0.4, 0.5) is 28.4 Å². The summed E-state index contributed by atoms with van der Waals surface area (Å²) in [6, 6.07) is 44.0. The number of para-hydroxylation sites is 4. The predicted molar refractivity (Wildman–Crippen MR) is 520 cm³/mol. The van der Waals surface area contributed by atoms with Gasteiger partial charge in [-0.25, -0.2) is 9.97 Å². The van der Waals surface area contributed by atoms with Crippen LogP contribution in [-0.4, -0.2) is 86.8 Å². The summed E-state index contributed by atoms with van der Waals surface area (Å²) in [6.45, 7) is 71.4. The summed E-state index contributed by atoms with van der Waals surface area (Å²) in [5.41, 5.74) is 25.0. The second-order valence-electron chi connectivity index (χ2n) is 40.9. The topological polar surface area (TPSA) is 243 Å². The Balaban J connectivity index is 0.000000454. The van der Waals surface area contributed by atoms with E-state index < -0.39 is 0 Å². The monoisotopic (exact) mass is 1690 g/mol. The lowest BCUT2D eigenvalue weighted by atomic mass is 9.83. The number of nitrogens with two attached hydrogens (primary N) is 1. The lowest BCUT2D eigenvalue weighted by molar-refractivity contribution is -0.115. The Morgan fingerprint density at radius 3 is 1.42 bits per heavy atom. The minimum absolute atomic E-state index is 0.0641. The summed E-state index contributed by atoms with van der Waals surface area (Å²) < 4.78 is 13.8. The Bertz CT molecular complexity index is 4450. The first-order valence-electron chi connectivity index (χ1n) is 42.2. The van der Waals surface area contributed by atoms with Crippen LogP contribution < -0.4 is 36.5 Å². The number of rotatable bonds is 4. The first-order chi connectivity index (χ1) is 56.2. The molecular formula is C102H155N15O4S. The Kier molecular flexibility index (Phi) is 43.2. The van der Waals surface area contributed by atoms with E-state index in [1.807, 2.05) is 144 Å². The van der Waals surface area contributed by atoms with Crippen molar-refractivity contribution >= 4 is 51.6 Å². The van der Waals surface area contributed by atoms with Crippen molar-refractivity contribution in [2.45, 2.75) is 296 Å². The van der Waals surface area contributed by atoms with Gasteiger partial charge >= 0.3 is 0 Å². The average Bonchev–Trinajstić information content (AvgIpc) is 1.63. The lowest BCUT2D eigenvalue weighted by Crippen LogP contribution is -2.26. The molecule has 11 aromatic rings. The smallest absolute Gasteiger partial charge is 0.236 e. The largest absolute Gasteiger partial charge is 0.495 e. The van der Waals surface area contributed by atoms with Crippen LogP contribution in [0.5, 0.6) is 11.6 Å². The van der Waals surface area contributed by atoms with Crippen molar-refractivity contribution in [2.75, 3.05) is 41.2 Å². The van der Waals surface area contributed by atoms with E-state index in [9.17, 15) is 9.59 Å². The number of aryl methyl sites for hydroxylation is 1. The van der Waals surface area contributed by atoms with E-state index in [2.05, 4.69) is 344 Å². The van der Waals surface area contributed by atoms with Crippen molar-refractivity contribution in [3.8, 4) is 11.6 Å². The number of nitrogens with one attached hydrogen (secondary N) is 5. The number of carbonyl (C=O) groups excluding carboxylic acids is 2. The second-order valence-corrected chi connectivity index (χ2v) is 41.6. The average molecular weight is 1690 g/mol. The standard InChI is InChI=1S/2C12H15NO.C11H17NO.C10H15N.2C9H13N.C8H14N2.2C7H12N2.C7H11NS.C6H8N2O.C4H10/c1-12(2,3)9-5-4-6-10-8(9)7-11(14)13-10;1-12(2,3)9-6-4-5-8-7-10(14)13-11(8)9;1-11(2,3)12-9-7-5-6-8-10(9)13-4;1-10(2,3)11-9-7-5-4-6-8-9;1-9(2,3)8-4-6-10-7-5-8;1-9(2,3)8-5-4-6-10-7-8;1-8(2,3)7-5-9-10(4)6-7;1-7(2,3)6-4-8-9-5-6;1-7(2,3)9-6-4-5-8-9;1-7(2,3)6-4-9-5-8-6;1-9-6-5(7)3-2-4-8-6;1-4(2)3/h2*4-6H,7H2,1-3H3,(H,13,14);5-8,12H,1-4H3;4-8,11H,1-3H3;2*4-7H,1-3H3;5-6H,1-4H3;4-5H,1-3H3,(H,8,9);4-6H,1-3H3;4-5H,1-3H3;2-4H,7H2,1H3;4H,1-3H3. The molecule has 0 fully saturated rings. The van der Waals surface area contributed by atoms with Gasteiger partial charge in [0.1, 0.15) is 5.75 Å². The van der Waals surface area contributed by atoms with Gasteiger partial charge in [0, 0.05) is 102 Å². The van der Waals surface area contributed by atoms with E-state index in [-0.39, 0.29) is 66.3 Å². The highest BCUT2D eigenvalue weighted by Crippen LogP contribution is 2.37. The number of aromatic amines is 1. The molecule has 9 heterocycles. The zero-order chi connectivity index (χ0) is 92.9. The SMILES string of the molecule is CC(C)(C)Nc1ccccc1.CC(C)(C)c1cccc2c1CC(=O)N2.CC(C)(C)c1cccc2c1NC(=O)C2.CC(C)(C)c1cccnc1.CC(C)(C)c1ccncc1.CC(C)(C)c1cn[nH]c1.CC(C)(C)c1cscn1.CC(C)(C)n1cccn1.CC(C)C.COc1ccccc1NC(C)(C)C.COc1ncccc1N.Cn1cc(C(C)(C)C)cn1. The summed E-state index contributed by atoms with van der Waals surface area (Å²) in [5.74, 6) is 2.42. The fourth-order valence-corrected chi connectivity index (χ4v) is 11.7. The predicted octanol–water partition coefficient (Wildman–Crippen LogP) is 25.4. The van der Waals surface area contributed by atoms with Gasteiger partial charge in [0.05, 0.1) is 67.6 Å². The third-order valence-electron chi connectivity index (χ3n) is 17.5. The van der Waals surface area contributed by atoms with Crippen LogP contribution in [0.1, 0.15) is 279 Å². The van der Waals surface area contributed by atoms with Gasteiger partial charge in [-0.15, -0.1) is 11.3 Å². The molecule has 0 unspecified atom stereocenters.